The third kappa shape index (κ3) is 6.23. The van der Waals surface area contributed by atoms with Gasteiger partial charge in [0.05, 0.1) is 0 Å². The summed E-state index contributed by atoms with van der Waals surface area (Å²) in [7, 11) is 0. The van der Waals surface area contributed by atoms with Gasteiger partial charge in [-0.15, -0.1) is 0 Å². The number of nitrogens with zero attached hydrogens (tertiary/aromatic N) is 1. The van der Waals surface area contributed by atoms with Crippen LogP contribution in [0.3, 0.4) is 0 Å². The van der Waals surface area contributed by atoms with Gasteiger partial charge in [-0.1, -0.05) is 176 Å². The molecule has 1 heterocycles. The number of fused-ring (bicyclic) bond motifs is 4. The fraction of sp³-hybridized carbons (Fsp3) is 0. The number of furan rings is 1. The molecular formula is C58H39NO. The van der Waals surface area contributed by atoms with Crippen molar-refractivity contribution in [2.75, 3.05) is 4.90 Å². The zero-order valence-electron chi connectivity index (χ0n) is 32.9. The average molecular weight is 766 g/mol. The van der Waals surface area contributed by atoms with Crippen LogP contribution >= 0.6 is 0 Å². The van der Waals surface area contributed by atoms with Gasteiger partial charge in [0.1, 0.15) is 11.2 Å². The molecule has 0 N–H and O–H groups in total. The molecule has 0 radical (unpaired) electrons. The summed E-state index contributed by atoms with van der Waals surface area (Å²) >= 11 is 0. The van der Waals surface area contributed by atoms with Crippen molar-refractivity contribution in [3.8, 4) is 55.6 Å². The predicted molar refractivity (Wildman–Crippen MR) is 253 cm³/mol. The molecule has 0 aliphatic heterocycles. The normalized spacial score (nSPS) is 11.3. The summed E-state index contributed by atoms with van der Waals surface area (Å²) in [6, 6.07) is 84.7. The maximum atomic E-state index is 6.75. The molecule has 0 bridgehead atoms. The third-order valence-corrected chi connectivity index (χ3v) is 11.6. The summed E-state index contributed by atoms with van der Waals surface area (Å²) in [5, 5.41) is 4.61. The molecule has 0 spiro atoms. The minimum atomic E-state index is 0.856. The minimum absolute atomic E-state index is 0.856. The van der Waals surface area contributed by atoms with Gasteiger partial charge >= 0.3 is 0 Å². The van der Waals surface area contributed by atoms with Gasteiger partial charge in [-0.25, -0.2) is 0 Å². The molecule has 282 valence electrons. The summed E-state index contributed by atoms with van der Waals surface area (Å²) in [5.41, 5.74) is 16.8. The fourth-order valence-corrected chi connectivity index (χ4v) is 8.95. The Hall–Kier alpha value is -7.94. The van der Waals surface area contributed by atoms with E-state index in [0.717, 1.165) is 50.1 Å². The molecule has 0 saturated heterocycles. The van der Waals surface area contributed by atoms with E-state index < -0.39 is 0 Å². The van der Waals surface area contributed by atoms with Crippen LogP contribution in [-0.2, 0) is 0 Å². The largest absolute Gasteiger partial charge is 0.456 e. The van der Waals surface area contributed by atoms with Gasteiger partial charge in [-0.3, -0.25) is 0 Å². The molecule has 0 amide bonds. The number of hydrogen-bond acceptors (Lipinski definition) is 2. The van der Waals surface area contributed by atoms with Gasteiger partial charge in [0, 0.05) is 33.9 Å². The average Bonchev–Trinajstić information content (AvgIpc) is 3.70. The molecule has 0 aliphatic rings. The van der Waals surface area contributed by atoms with Crippen LogP contribution in [0.25, 0.3) is 88.3 Å². The van der Waals surface area contributed by atoms with Gasteiger partial charge in [-0.05, 0) is 121 Å². The lowest BCUT2D eigenvalue weighted by molar-refractivity contribution is 0.669. The lowest BCUT2D eigenvalue weighted by Crippen LogP contribution is -2.09. The number of benzene rings is 10. The van der Waals surface area contributed by atoms with E-state index in [1.54, 1.807) is 0 Å². The second-order valence-corrected chi connectivity index (χ2v) is 15.2. The highest BCUT2D eigenvalue weighted by Crippen LogP contribution is 2.51. The van der Waals surface area contributed by atoms with Crippen LogP contribution in [0.15, 0.2) is 241 Å². The standard InChI is InChI=1S/C58H39NO/c1-7-19-40(20-8-1)55-51-35-32-44(37-52(51)56(41-21-9-2-10-22-41)58(43-25-13-4-14-26-43)57(55)42-23-11-3-12-24-42)45-31-34-49-50-36-33-48(39-54(50)60-53(49)38-45)59(46-27-15-5-16-28-46)47-29-17-6-18-30-47/h1-39H. The number of para-hydroxylation sites is 2. The topological polar surface area (TPSA) is 16.4 Å². The highest BCUT2D eigenvalue weighted by Gasteiger charge is 2.24. The molecule has 0 fully saturated rings. The first-order chi connectivity index (χ1) is 29.8. The lowest BCUT2D eigenvalue weighted by Gasteiger charge is -2.25. The molecule has 60 heavy (non-hydrogen) atoms. The Balaban J connectivity index is 1.13. The summed E-state index contributed by atoms with van der Waals surface area (Å²) in [5.74, 6) is 0. The number of anilines is 3. The lowest BCUT2D eigenvalue weighted by atomic mass is 9.78. The van der Waals surface area contributed by atoms with Crippen LogP contribution in [0.4, 0.5) is 17.1 Å². The molecule has 11 aromatic rings. The Morgan fingerprint density at radius 1 is 0.233 bits per heavy atom. The first-order valence-corrected chi connectivity index (χ1v) is 20.5. The Labute approximate surface area is 349 Å². The van der Waals surface area contributed by atoms with Gasteiger partial charge in [-0.2, -0.15) is 0 Å². The van der Waals surface area contributed by atoms with E-state index in [9.17, 15) is 0 Å². The van der Waals surface area contributed by atoms with Crippen LogP contribution in [0, 0.1) is 0 Å². The highest BCUT2D eigenvalue weighted by atomic mass is 16.3. The molecule has 1 aromatic heterocycles. The zero-order valence-corrected chi connectivity index (χ0v) is 32.9. The second-order valence-electron chi connectivity index (χ2n) is 15.2. The van der Waals surface area contributed by atoms with Crippen LogP contribution in [-0.4, -0.2) is 0 Å². The summed E-state index contributed by atoms with van der Waals surface area (Å²) < 4.78 is 6.75. The Kier molecular flexibility index (Phi) is 8.87. The van der Waals surface area contributed by atoms with Crippen LogP contribution in [0.1, 0.15) is 0 Å². The van der Waals surface area contributed by atoms with E-state index in [1.807, 2.05) is 0 Å². The smallest absolute Gasteiger partial charge is 0.137 e. The van der Waals surface area contributed by atoms with Crippen LogP contribution in [0.2, 0.25) is 0 Å². The van der Waals surface area contributed by atoms with E-state index in [4.69, 9.17) is 4.42 Å². The van der Waals surface area contributed by atoms with E-state index in [2.05, 4.69) is 241 Å². The molecule has 2 heteroatoms. The monoisotopic (exact) mass is 765 g/mol. The quantitative estimate of drug-likeness (QED) is 0.153. The van der Waals surface area contributed by atoms with Crippen molar-refractivity contribution in [3.05, 3.63) is 237 Å². The third-order valence-electron chi connectivity index (χ3n) is 11.6. The maximum Gasteiger partial charge on any atom is 0.137 e. The summed E-state index contributed by atoms with van der Waals surface area (Å²) in [6.45, 7) is 0. The molecule has 0 saturated carbocycles. The molecule has 2 nitrogen and oxygen atoms in total. The van der Waals surface area contributed by atoms with Gasteiger partial charge in [0.15, 0.2) is 0 Å². The molecular weight excluding hydrogens is 727 g/mol. The Bertz CT molecular complexity index is 3230. The van der Waals surface area contributed by atoms with Gasteiger partial charge < -0.3 is 9.32 Å². The van der Waals surface area contributed by atoms with E-state index in [-0.39, 0.29) is 0 Å². The summed E-state index contributed by atoms with van der Waals surface area (Å²) in [6.07, 6.45) is 0. The first kappa shape index (κ1) is 35.2. The van der Waals surface area contributed by atoms with Crippen molar-refractivity contribution in [2.24, 2.45) is 0 Å². The fourth-order valence-electron chi connectivity index (χ4n) is 8.95. The minimum Gasteiger partial charge on any atom is -0.456 e. The highest BCUT2D eigenvalue weighted by molar-refractivity contribution is 6.19. The predicted octanol–water partition coefficient (Wildman–Crippen LogP) is 16.5. The zero-order chi connectivity index (χ0) is 39.8. The van der Waals surface area contributed by atoms with Crippen molar-refractivity contribution in [1.82, 2.24) is 0 Å². The molecule has 0 unspecified atom stereocenters. The second kappa shape index (κ2) is 15.1. The van der Waals surface area contributed by atoms with Crippen molar-refractivity contribution in [1.29, 1.82) is 0 Å². The maximum absolute atomic E-state index is 6.75. The van der Waals surface area contributed by atoms with Crippen molar-refractivity contribution < 1.29 is 4.42 Å². The summed E-state index contributed by atoms with van der Waals surface area (Å²) in [4.78, 5) is 2.27. The Morgan fingerprint density at radius 3 is 1.08 bits per heavy atom. The molecule has 11 rings (SSSR count). The van der Waals surface area contributed by atoms with Gasteiger partial charge in [0.25, 0.3) is 0 Å². The van der Waals surface area contributed by atoms with Crippen LogP contribution < -0.4 is 4.90 Å². The van der Waals surface area contributed by atoms with E-state index in [0.29, 0.717) is 0 Å². The SMILES string of the molecule is c1ccc(-c2c(-c3ccccc3)c(-c3ccccc3)c3cc(-c4ccc5c(c4)oc4cc(N(c6ccccc6)c6ccccc6)ccc45)ccc3c2-c2ccccc2)cc1. The number of hydrogen-bond donors (Lipinski definition) is 0. The Morgan fingerprint density at radius 2 is 0.600 bits per heavy atom. The van der Waals surface area contributed by atoms with Crippen LogP contribution in [0.5, 0.6) is 0 Å². The van der Waals surface area contributed by atoms with E-state index in [1.165, 1.54) is 55.3 Å². The first-order valence-electron chi connectivity index (χ1n) is 20.5. The van der Waals surface area contributed by atoms with Crippen molar-refractivity contribution >= 4 is 49.8 Å². The van der Waals surface area contributed by atoms with Crippen molar-refractivity contribution in [2.45, 2.75) is 0 Å². The number of rotatable bonds is 8. The molecule has 10 aromatic carbocycles. The van der Waals surface area contributed by atoms with Gasteiger partial charge in [0.2, 0.25) is 0 Å². The van der Waals surface area contributed by atoms with Crippen molar-refractivity contribution in [3.63, 3.8) is 0 Å². The molecule has 0 atom stereocenters. The van der Waals surface area contributed by atoms with E-state index >= 15 is 0 Å². The molecule has 0 aliphatic carbocycles.